The van der Waals surface area contributed by atoms with E-state index in [-0.39, 0.29) is 5.91 Å². The smallest absolute Gasteiger partial charge is 0.259 e. The molecule has 1 aromatic heterocycles. The monoisotopic (exact) mass is 349 g/mol. The quantitative estimate of drug-likeness (QED) is 0.701. The van der Waals surface area contributed by atoms with Crippen molar-refractivity contribution in [2.24, 2.45) is 0 Å². The van der Waals surface area contributed by atoms with Crippen molar-refractivity contribution in [1.29, 1.82) is 0 Å². The van der Waals surface area contributed by atoms with Crippen molar-refractivity contribution in [2.75, 3.05) is 24.9 Å². The Bertz CT molecular complexity index is 895. The van der Waals surface area contributed by atoms with E-state index in [1.807, 2.05) is 30.3 Å². The first-order valence-electron chi connectivity index (χ1n) is 8.01. The summed E-state index contributed by atoms with van der Waals surface area (Å²) in [7, 11) is 3.16. The molecule has 1 amide bonds. The van der Waals surface area contributed by atoms with E-state index in [2.05, 4.69) is 15.6 Å². The zero-order valence-electron chi connectivity index (χ0n) is 14.5. The van der Waals surface area contributed by atoms with Crippen molar-refractivity contribution in [3.05, 3.63) is 72.4 Å². The van der Waals surface area contributed by atoms with Gasteiger partial charge in [-0.1, -0.05) is 18.2 Å². The van der Waals surface area contributed by atoms with Gasteiger partial charge in [0.05, 0.1) is 31.7 Å². The molecule has 0 fully saturated rings. The zero-order valence-corrected chi connectivity index (χ0v) is 14.5. The maximum Gasteiger partial charge on any atom is 0.259 e. The molecule has 3 aromatic rings. The molecular weight excluding hydrogens is 330 g/mol. The minimum Gasteiger partial charge on any atom is -0.497 e. The second-order valence-electron chi connectivity index (χ2n) is 5.44. The molecule has 0 unspecified atom stereocenters. The van der Waals surface area contributed by atoms with Crippen LogP contribution >= 0.6 is 0 Å². The molecular formula is C20H19N3O3. The number of ether oxygens (including phenoxy) is 2. The van der Waals surface area contributed by atoms with Crippen LogP contribution in [0.25, 0.3) is 0 Å². The van der Waals surface area contributed by atoms with E-state index < -0.39 is 0 Å². The molecule has 0 saturated carbocycles. The molecule has 0 saturated heterocycles. The van der Waals surface area contributed by atoms with Crippen LogP contribution in [0.2, 0.25) is 0 Å². The van der Waals surface area contributed by atoms with Crippen LogP contribution in [0.3, 0.4) is 0 Å². The van der Waals surface area contributed by atoms with Crippen molar-refractivity contribution < 1.29 is 14.3 Å². The normalized spacial score (nSPS) is 10.1. The van der Waals surface area contributed by atoms with Gasteiger partial charge < -0.3 is 20.1 Å². The summed E-state index contributed by atoms with van der Waals surface area (Å²) in [6.07, 6.45) is 1.59. The second kappa shape index (κ2) is 8.02. The van der Waals surface area contributed by atoms with Gasteiger partial charge in [-0.2, -0.15) is 0 Å². The molecule has 0 aliphatic carbocycles. The number of nitrogens with zero attached hydrogens (tertiary/aromatic N) is 1. The Balaban J connectivity index is 1.68. The number of para-hydroxylation sites is 1. The van der Waals surface area contributed by atoms with E-state index in [0.29, 0.717) is 22.8 Å². The number of benzene rings is 2. The largest absolute Gasteiger partial charge is 0.497 e. The number of rotatable bonds is 6. The van der Waals surface area contributed by atoms with Crippen molar-refractivity contribution in [2.45, 2.75) is 0 Å². The molecule has 0 radical (unpaired) electrons. The highest BCUT2D eigenvalue weighted by Crippen LogP contribution is 2.22. The molecule has 0 aliphatic rings. The second-order valence-corrected chi connectivity index (χ2v) is 5.44. The minimum atomic E-state index is -0.252. The van der Waals surface area contributed by atoms with Gasteiger partial charge in [0, 0.05) is 11.8 Å². The summed E-state index contributed by atoms with van der Waals surface area (Å²) < 4.78 is 10.4. The average molecular weight is 349 g/mol. The van der Waals surface area contributed by atoms with Crippen molar-refractivity contribution in [3.8, 4) is 11.5 Å². The third-order valence-corrected chi connectivity index (χ3v) is 3.72. The highest BCUT2D eigenvalue weighted by molar-refractivity contribution is 6.06. The molecule has 0 atom stereocenters. The molecule has 0 spiro atoms. The Kier molecular flexibility index (Phi) is 5.34. The minimum absolute atomic E-state index is 0.252. The highest BCUT2D eigenvalue weighted by atomic mass is 16.5. The Labute approximate surface area is 151 Å². The number of carbonyl (C=O) groups excluding carboxylic acids is 1. The molecule has 132 valence electrons. The van der Waals surface area contributed by atoms with Gasteiger partial charge in [-0.15, -0.1) is 0 Å². The number of carbonyl (C=O) groups is 1. The van der Waals surface area contributed by atoms with Gasteiger partial charge in [0.25, 0.3) is 5.91 Å². The van der Waals surface area contributed by atoms with E-state index in [4.69, 9.17) is 9.47 Å². The molecule has 2 aromatic carbocycles. The highest BCUT2D eigenvalue weighted by Gasteiger charge is 2.11. The van der Waals surface area contributed by atoms with E-state index >= 15 is 0 Å². The number of pyridine rings is 1. The first-order valence-corrected chi connectivity index (χ1v) is 8.01. The lowest BCUT2D eigenvalue weighted by atomic mass is 10.2. The van der Waals surface area contributed by atoms with Crippen LogP contribution in [0, 0.1) is 0 Å². The van der Waals surface area contributed by atoms with Crippen LogP contribution in [-0.2, 0) is 0 Å². The zero-order chi connectivity index (χ0) is 18.4. The number of hydrogen-bond acceptors (Lipinski definition) is 5. The van der Waals surface area contributed by atoms with Crippen molar-refractivity contribution >= 4 is 23.1 Å². The number of amides is 1. The number of anilines is 3. The predicted molar refractivity (Wildman–Crippen MR) is 101 cm³/mol. The van der Waals surface area contributed by atoms with Crippen LogP contribution in [0.4, 0.5) is 17.2 Å². The number of aromatic nitrogens is 1. The number of hydrogen-bond donors (Lipinski definition) is 2. The van der Waals surface area contributed by atoms with E-state index in [9.17, 15) is 4.79 Å². The summed E-state index contributed by atoms with van der Waals surface area (Å²) in [6.45, 7) is 0. The van der Waals surface area contributed by atoms with Crippen molar-refractivity contribution in [3.63, 3.8) is 0 Å². The maximum absolute atomic E-state index is 12.4. The molecule has 26 heavy (non-hydrogen) atoms. The third-order valence-electron chi connectivity index (χ3n) is 3.72. The molecule has 3 rings (SSSR count). The van der Waals surface area contributed by atoms with Gasteiger partial charge in [-0.05, 0) is 36.4 Å². The summed E-state index contributed by atoms with van der Waals surface area (Å²) in [5, 5.41) is 6.00. The van der Waals surface area contributed by atoms with Crippen molar-refractivity contribution in [1.82, 2.24) is 4.98 Å². The van der Waals surface area contributed by atoms with Crippen LogP contribution < -0.4 is 20.1 Å². The summed E-state index contributed by atoms with van der Waals surface area (Å²) in [5.74, 6) is 1.69. The fourth-order valence-electron chi connectivity index (χ4n) is 2.42. The van der Waals surface area contributed by atoms with Gasteiger partial charge in [-0.3, -0.25) is 4.79 Å². The standard InChI is InChI=1S/C20H19N3O3/c1-25-16-7-5-6-14(12-16)22-19-11-10-15(13-21-19)23-20(24)17-8-3-4-9-18(17)26-2/h3-13H,1-2H3,(H,21,22)(H,23,24). The Morgan fingerprint density at radius 1 is 0.923 bits per heavy atom. The van der Waals surface area contributed by atoms with E-state index in [1.165, 1.54) is 7.11 Å². The fourth-order valence-corrected chi connectivity index (χ4v) is 2.42. The number of methoxy groups -OCH3 is 2. The summed E-state index contributed by atoms with van der Waals surface area (Å²) >= 11 is 0. The Morgan fingerprint density at radius 2 is 1.77 bits per heavy atom. The molecule has 0 aliphatic heterocycles. The Hall–Kier alpha value is -3.54. The van der Waals surface area contributed by atoms with E-state index in [0.717, 1.165) is 11.4 Å². The maximum atomic E-state index is 12.4. The van der Waals surface area contributed by atoms with Crippen LogP contribution in [0.5, 0.6) is 11.5 Å². The van der Waals surface area contributed by atoms with E-state index in [1.54, 1.807) is 43.6 Å². The lowest BCUT2D eigenvalue weighted by Gasteiger charge is -2.10. The number of nitrogens with one attached hydrogen (secondary N) is 2. The fraction of sp³-hybridized carbons (Fsp3) is 0.100. The SMILES string of the molecule is COc1cccc(Nc2ccc(NC(=O)c3ccccc3OC)cn2)c1. The van der Waals surface area contributed by atoms with Gasteiger partial charge in [0.15, 0.2) is 0 Å². The predicted octanol–water partition coefficient (Wildman–Crippen LogP) is 4.09. The summed E-state index contributed by atoms with van der Waals surface area (Å²) in [6, 6.07) is 18.2. The van der Waals surface area contributed by atoms with Gasteiger partial charge in [-0.25, -0.2) is 4.98 Å². The summed E-state index contributed by atoms with van der Waals surface area (Å²) in [5.41, 5.74) is 1.92. The first kappa shape index (κ1) is 17.3. The van der Waals surface area contributed by atoms with Crippen LogP contribution in [-0.4, -0.2) is 25.1 Å². The molecule has 6 heteroatoms. The summed E-state index contributed by atoms with van der Waals surface area (Å²) in [4.78, 5) is 16.7. The molecule has 2 N–H and O–H groups in total. The molecule has 0 bridgehead atoms. The lowest BCUT2D eigenvalue weighted by molar-refractivity contribution is 0.102. The van der Waals surface area contributed by atoms with Crippen LogP contribution in [0.1, 0.15) is 10.4 Å². The lowest BCUT2D eigenvalue weighted by Crippen LogP contribution is -2.13. The van der Waals surface area contributed by atoms with Crippen LogP contribution in [0.15, 0.2) is 66.9 Å². The molecule has 6 nitrogen and oxygen atoms in total. The first-order chi connectivity index (χ1) is 12.7. The average Bonchev–Trinajstić information content (AvgIpc) is 2.69. The third kappa shape index (κ3) is 4.10. The van der Waals surface area contributed by atoms with Gasteiger partial charge >= 0.3 is 0 Å². The van der Waals surface area contributed by atoms with Gasteiger partial charge in [0.1, 0.15) is 17.3 Å². The molecule has 1 heterocycles. The Morgan fingerprint density at radius 3 is 2.50 bits per heavy atom. The topological polar surface area (TPSA) is 72.5 Å². The van der Waals surface area contributed by atoms with Gasteiger partial charge in [0.2, 0.25) is 0 Å².